The van der Waals surface area contributed by atoms with Crippen molar-refractivity contribution in [1.29, 1.82) is 5.26 Å². The molecule has 0 radical (unpaired) electrons. The van der Waals surface area contributed by atoms with Crippen molar-refractivity contribution >= 4 is 28.9 Å². The fraction of sp³-hybridized carbons (Fsp3) is 0.0769. The van der Waals surface area contributed by atoms with E-state index >= 15 is 0 Å². The highest BCUT2D eigenvalue weighted by Crippen LogP contribution is 2.30. The van der Waals surface area contributed by atoms with Crippen LogP contribution in [0.25, 0.3) is 0 Å². The second-order valence-corrected chi connectivity index (χ2v) is 4.16. The van der Waals surface area contributed by atoms with Crippen LogP contribution in [0.15, 0.2) is 30.6 Å². The summed E-state index contributed by atoms with van der Waals surface area (Å²) in [5.74, 6) is 0.936. The summed E-state index contributed by atoms with van der Waals surface area (Å²) in [5.41, 5.74) is 1.87. The molecule has 1 aromatic heterocycles. The molecule has 1 amide bonds. The third kappa shape index (κ3) is 2.22. The molecule has 98 valence electrons. The largest absolute Gasteiger partial charge is 0.359 e. The molecule has 3 rings (SSSR count). The van der Waals surface area contributed by atoms with Crippen molar-refractivity contribution in [3.05, 3.63) is 36.2 Å². The maximum atomic E-state index is 11.4. The molecule has 0 saturated heterocycles. The molecule has 0 fully saturated rings. The Balaban J connectivity index is 1.91. The van der Waals surface area contributed by atoms with Gasteiger partial charge in [-0.05, 0) is 24.3 Å². The van der Waals surface area contributed by atoms with Crippen LogP contribution in [0.2, 0.25) is 0 Å². The number of benzene rings is 1. The monoisotopic (exact) mass is 266 g/mol. The highest BCUT2D eigenvalue weighted by Gasteiger charge is 2.19. The molecule has 1 aliphatic rings. The SMILES string of the molecule is N#Cc1ccc(Nc2ncnc3c2NC(=O)CN3)cc1. The lowest BCUT2D eigenvalue weighted by Gasteiger charge is -2.20. The molecule has 2 heterocycles. The van der Waals surface area contributed by atoms with Gasteiger partial charge in [0, 0.05) is 5.69 Å². The van der Waals surface area contributed by atoms with Gasteiger partial charge in [0.1, 0.15) is 12.0 Å². The summed E-state index contributed by atoms with van der Waals surface area (Å²) in [6, 6.07) is 8.99. The molecule has 20 heavy (non-hydrogen) atoms. The number of carbonyl (C=O) groups excluding carboxylic acids is 1. The minimum atomic E-state index is -0.143. The van der Waals surface area contributed by atoms with E-state index in [-0.39, 0.29) is 12.5 Å². The van der Waals surface area contributed by atoms with Crippen LogP contribution in [-0.4, -0.2) is 22.4 Å². The van der Waals surface area contributed by atoms with E-state index in [2.05, 4.69) is 32.0 Å². The third-order valence-electron chi connectivity index (χ3n) is 2.80. The van der Waals surface area contributed by atoms with Gasteiger partial charge in [0.2, 0.25) is 5.91 Å². The van der Waals surface area contributed by atoms with Crippen LogP contribution in [0.3, 0.4) is 0 Å². The van der Waals surface area contributed by atoms with Gasteiger partial charge < -0.3 is 16.0 Å². The number of rotatable bonds is 2. The minimum absolute atomic E-state index is 0.143. The first-order valence-electron chi connectivity index (χ1n) is 5.92. The third-order valence-corrected chi connectivity index (χ3v) is 2.80. The van der Waals surface area contributed by atoms with Crippen molar-refractivity contribution in [2.45, 2.75) is 0 Å². The summed E-state index contributed by atoms with van der Waals surface area (Å²) in [6.45, 7) is 0.195. The van der Waals surface area contributed by atoms with Crippen LogP contribution in [0.5, 0.6) is 0 Å². The Morgan fingerprint density at radius 2 is 2.05 bits per heavy atom. The molecule has 0 atom stereocenters. The lowest BCUT2D eigenvalue weighted by atomic mass is 10.2. The molecule has 3 N–H and O–H groups in total. The number of anilines is 4. The highest BCUT2D eigenvalue weighted by molar-refractivity contribution is 6.03. The number of fused-ring (bicyclic) bond motifs is 1. The van der Waals surface area contributed by atoms with Crippen molar-refractivity contribution in [3.63, 3.8) is 0 Å². The summed E-state index contributed by atoms with van der Waals surface area (Å²) in [6.07, 6.45) is 1.41. The van der Waals surface area contributed by atoms with E-state index in [4.69, 9.17) is 5.26 Å². The normalized spacial score (nSPS) is 12.7. The topological polar surface area (TPSA) is 103 Å². The second kappa shape index (κ2) is 4.85. The van der Waals surface area contributed by atoms with Crippen LogP contribution >= 0.6 is 0 Å². The molecule has 1 aromatic carbocycles. The second-order valence-electron chi connectivity index (χ2n) is 4.16. The Hall–Kier alpha value is -3.14. The van der Waals surface area contributed by atoms with Gasteiger partial charge in [-0.2, -0.15) is 5.26 Å². The number of hydrogen-bond donors (Lipinski definition) is 3. The highest BCUT2D eigenvalue weighted by atomic mass is 16.2. The molecule has 7 heteroatoms. The summed E-state index contributed by atoms with van der Waals surface area (Å²) in [7, 11) is 0. The predicted molar refractivity (Wildman–Crippen MR) is 73.6 cm³/mol. The van der Waals surface area contributed by atoms with E-state index in [0.29, 0.717) is 22.9 Å². The van der Waals surface area contributed by atoms with Gasteiger partial charge >= 0.3 is 0 Å². The Morgan fingerprint density at radius 1 is 1.25 bits per heavy atom. The summed E-state index contributed by atoms with van der Waals surface area (Å²) < 4.78 is 0. The first kappa shape index (κ1) is 11.9. The molecule has 1 aliphatic heterocycles. The predicted octanol–water partition coefficient (Wildman–Crippen LogP) is 1.46. The number of aromatic nitrogens is 2. The van der Waals surface area contributed by atoms with Crippen molar-refractivity contribution in [2.75, 3.05) is 22.5 Å². The lowest BCUT2D eigenvalue weighted by Crippen LogP contribution is -2.28. The van der Waals surface area contributed by atoms with Crippen molar-refractivity contribution < 1.29 is 4.79 Å². The van der Waals surface area contributed by atoms with Gasteiger partial charge in [-0.1, -0.05) is 0 Å². The quantitative estimate of drug-likeness (QED) is 0.760. The van der Waals surface area contributed by atoms with Gasteiger partial charge in [0.05, 0.1) is 18.2 Å². The zero-order chi connectivity index (χ0) is 13.9. The molecule has 0 spiro atoms. The number of carbonyl (C=O) groups is 1. The summed E-state index contributed by atoms with van der Waals surface area (Å²) >= 11 is 0. The molecule has 0 saturated carbocycles. The van der Waals surface area contributed by atoms with Crippen molar-refractivity contribution in [1.82, 2.24) is 9.97 Å². The van der Waals surface area contributed by atoms with Crippen LogP contribution < -0.4 is 16.0 Å². The number of nitrogens with one attached hydrogen (secondary N) is 3. The minimum Gasteiger partial charge on any atom is -0.359 e. The average Bonchev–Trinajstić information content (AvgIpc) is 2.49. The molecular formula is C13H10N6O. The van der Waals surface area contributed by atoms with E-state index in [1.54, 1.807) is 24.3 Å². The summed E-state index contributed by atoms with van der Waals surface area (Å²) in [5, 5.41) is 17.5. The smallest absolute Gasteiger partial charge is 0.243 e. The van der Waals surface area contributed by atoms with Crippen LogP contribution in [-0.2, 0) is 4.79 Å². The molecule has 2 aromatic rings. The molecule has 7 nitrogen and oxygen atoms in total. The van der Waals surface area contributed by atoms with Gasteiger partial charge in [-0.3, -0.25) is 4.79 Å². The van der Waals surface area contributed by atoms with Crippen molar-refractivity contribution in [2.24, 2.45) is 0 Å². The number of amides is 1. The first-order valence-corrected chi connectivity index (χ1v) is 5.92. The summed E-state index contributed by atoms with van der Waals surface area (Å²) in [4.78, 5) is 19.6. The Bertz CT molecular complexity index is 704. The van der Waals surface area contributed by atoms with Crippen molar-refractivity contribution in [3.8, 4) is 6.07 Å². The standard InChI is InChI=1S/C13H10N6O/c14-5-8-1-3-9(4-2-8)18-13-11-12(16-7-17-13)15-6-10(20)19-11/h1-4,7H,6H2,(H,19,20)(H2,15,16,17,18). The fourth-order valence-corrected chi connectivity index (χ4v) is 1.85. The molecular weight excluding hydrogens is 256 g/mol. The Morgan fingerprint density at radius 3 is 2.80 bits per heavy atom. The van der Waals surface area contributed by atoms with E-state index in [9.17, 15) is 4.79 Å². The zero-order valence-corrected chi connectivity index (χ0v) is 10.3. The fourth-order valence-electron chi connectivity index (χ4n) is 1.85. The van der Waals surface area contributed by atoms with Crippen LogP contribution in [0, 0.1) is 11.3 Å². The molecule has 0 unspecified atom stereocenters. The Kier molecular flexibility index (Phi) is 2.89. The molecule has 0 aliphatic carbocycles. The van der Waals surface area contributed by atoms with E-state index in [1.165, 1.54) is 6.33 Å². The van der Waals surface area contributed by atoms with E-state index in [0.717, 1.165) is 5.69 Å². The maximum Gasteiger partial charge on any atom is 0.243 e. The number of nitrogens with zero attached hydrogens (tertiary/aromatic N) is 3. The number of hydrogen-bond acceptors (Lipinski definition) is 6. The Labute approximate surface area is 114 Å². The van der Waals surface area contributed by atoms with Crippen LogP contribution in [0.1, 0.15) is 5.56 Å². The average molecular weight is 266 g/mol. The molecule has 0 bridgehead atoms. The maximum absolute atomic E-state index is 11.4. The van der Waals surface area contributed by atoms with Gasteiger partial charge in [0.15, 0.2) is 11.6 Å². The van der Waals surface area contributed by atoms with E-state index < -0.39 is 0 Å². The zero-order valence-electron chi connectivity index (χ0n) is 10.3. The number of nitriles is 1. The van der Waals surface area contributed by atoms with E-state index in [1.807, 2.05) is 0 Å². The lowest BCUT2D eigenvalue weighted by molar-refractivity contribution is -0.114. The first-order chi connectivity index (χ1) is 9.76. The van der Waals surface area contributed by atoms with Gasteiger partial charge in [-0.15, -0.1) is 0 Å². The van der Waals surface area contributed by atoms with Crippen LogP contribution in [0.4, 0.5) is 23.0 Å². The van der Waals surface area contributed by atoms with Gasteiger partial charge in [0.25, 0.3) is 0 Å². The van der Waals surface area contributed by atoms with Gasteiger partial charge in [-0.25, -0.2) is 9.97 Å².